The number of hydrogen-bond acceptors (Lipinski definition) is 4. The molecule has 0 N–H and O–H groups in total. The fourth-order valence-electron chi connectivity index (χ4n) is 1.88. The largest absolute Gasteiger partial charge is 0.772 e. The Labute approximate surface area is 157 Å². The van der Waals surface area contributed by atoms with Crippen LogP contribution in [0.1, 0.15) is 0 Å². The summed E-state index contributed by atoms with van der Waals surface area (Å²) < 4.78 is 21.8. The van der Waals surface area contributed by atoms with Crippen LogP contribution < -0.4 is 0 Å². The Morgan fingerprint density at radius 1 is 0.833 bits per heavy atom. The maximum Gasteiger partial charge on any atom is 0.0342 e. The summed E-state index contributed by atoms with van der Waals surface area (Å²) in [7, 11) is 0. The van der Waals surface area contributed by atoms with Crippen LogP contribution in [0.5, 0.6) is 0 Å². The van der Waals surface area contributed by atoms with Gasteiger partial charge in [0.15, 0.2) is 0 Å². The summed E-state index contributed by atoms with van der Waals surface area (Å²) >= 11 is 6.63. The van der Waals surface area contributed by atoms with Crippen molar-refractivity contribution in [1.29, 1.82) is 0 Å². The van der Waals surface area contributed by atoms with Gasteiger partial charge in [0.05, 0.1) is 0 Å². The van der Waals surface area contributed by atoms with E-state index >= 15 is 0 Å². The molecular formula is C18H16ClO2S3-. The number of hydrogen-bond donors (Lipinski definition) is 0. The highest BCUT2D eigenvalue weighted by Gasteiger charge is 1.88. The molecule has 2 aromatic heterocycles. The molecule has 0 radical (unpaired) electrons. The first-order chi connectivity index (χ1) is 11.7. The summed E-state index contributed by atoms with van der Waals surface area (Å²) in [4.78, 5) is 0. The van der Waals surface area contributed by atoms with E-state index in [9.17, 15) is 8.76 Å². The lowest BCUT2D eigenvalue weighted by Crippen LogP contribution is -1.94. The normalized spacial score (nSPS) is 11.2. The van der Waals surface area contributed by atoms with Crippen molar-refractivity contribution in [3.05, 3.63) is 71.4 Å². The fraction of sp³-hybridized carbons (Fsp3) is 0.111. The number of halogens is 1. The van der Waals surface area contributed by atoms with Crippen molar-refractivity contribution >= 4 is 65.5 Å². The summed E-state index contributed by atoms with van der Waals surface area (Å²) in [5.41, 5.74) is 0. The molecule has 126 valence electrons. The van der Waals surface area contributed by atoms with Gasteiger partial charge >= 0.3 is 0 Å². The van der Waals surface area contributed by atoms with Gasteiger partial charge in [-0.2, -0.15) is 0 Å². The zero-order chi connectivity index (χ0) is 17.2. The van der Waals surface area contributed by atoms with Gasteiger partial charge in [-0.1, -0.05) is 47.5 Å². The zero-order valence-electron chi connectivity index (χ0n) is 12.8. The van der Waals surface area contributed by atoms with Gasteiger partial charge in [0.25, 0.3) is 0 Å². The van der Waals surface area contributed by atoms with Crippen LogP contribution in [0.2, 0.25) is 0 Å². The predicted molar refractivity (Wildman–Crippen MR) is 108 cm³/mol. The summed E-state index contributed by atoms with van der Waals surface area (Å²) in [6, 6.07) is 21.1. The number of rotatable bonds is 2. The second-order valence-electron chi connectivity index (χ2n) is 4.61. The Kier molecular flexibility index (Phi) is 8.42. The molecule has 1 atom stereocenters. The molecule has 0 saturated heterocycles. The minimum atomic E-state index is -1.95. The van der Waals surface area contributed by atoms with Crippen molar-refractivity contribution in [2.45, 2.75) is 0 Å². The Morgan fingerprint density at radius 2 is 1.29 bits per heavy atom. The molecule has 0 spiro atoms. The van der Waals surface area contributed by atoms with Crippen molar-refractivity contribution in [1.82, 2.24) is 0 Å². The van der Waals surface area contributed by atoms with Crippen LogP contribution in [0, 0.1) is 0 Å². The van der Waals surface area contributed by atoms with Gasteiger partial charge in [0.1, 0.15) is 0 Å². The van der Waals surface area contributed by atoms with E-state index in [1.165, 1.54) is 20.2 Å². The molecule has 2 heterocycles. The van der Waals surface area contributed by atoms with Crippen molar-refractivity contribution in [2.24, 2.45) is 0 Å². The smallest absolute Gasteiger partial charge is 0.0342 e. The quantitative estimate of drug-likeness (QED) is 0.313. The van der Waals surface area contributed by atoms with E-state index < -0.39 is 11.1 Å². The van der Waals surface area contributed by atoms with Crippen molar-refractivity contribution < 1.29 is 8.76 Å². The van der Waals surface area contributed by atoms with Gasteiger partial charge in [-0.05, 0) is 45.8 Å². The van der Waals surface area contributed by atoms with Gasteiger partial charge < -0.3 is 4.55 Å². The lowest BCUT2D eigenvalue weighted by molar-refractivity contribution is 0.538. The van der Waals surface area contributed by atoms with Gasteiger partial charge in [0, 0.05) is 21.0 Å². The zero-order valence-corrected chi connectivity index (χ0v) is 16.0. The second kappa shape index (κ2) is 10.6. The van der Waals surface area contributed by atoms with E-state index in [4.69, 9.17) is 11.6 Å². The molecule has 0 aliphatic carbocycles. The second-order valence-corrected chi connectivity index (χ2v) is 7.90. The molecule has 0 aliphatic heterocycles. The average molecular weight is 396 g/mol. The standard InChI is InChI=1S/2C8H6S.C2H5ClO2S/c2*1-2-4-8-7(3-1)5-6-9-8;3-1-2-6(4)5/h2*1-6H;1-2H2,(H,4,5)/p-1. The van der Waals surface area contributed by atoms with Gasteiger partial charge in [0.2, 0.25) is 0 Å². The van der Waals surface area contributed by atoms with Crippen molar-refractivity contribution in [3.8, 4) is 0 Å². The Morgan fingerprint density at radius 3 is 1.62 bits per heavy atom. The van der Waals surface area contributed by atoms with Crippen LogP contribution in [0.3, 0.4) is 0 Å². The Balaban J connectivity index is 0.000000134. The van der Waals surface area contributed by atoms with Crippen molar-refractivity contribution in [2.75, 3.05) is 11.6 Å². The highest BCUT2D eigenvalue weighted by atomic mass is 35.5. The molecule has 0 bridgehead atoms. The van der Waals surface area contributed by atoms with E-state index in [0.29, 0.717) is 0 Å². The maximum atomic E-state index is 9.51. The van der Waals surface area contributed by atoms with E-state index in [0.717, 1.165) is 0 Å². The first-order valence-corrected chi connectivity index (χ1v) is 10.7. The van der Waals surface area contributed by atoms with Crippen molar-refractivity contribution in [3.63, 3.8) is 0 Å². The Bertz CT molecular complexity index is 759. The number of alkyl halides is 1. The lowest BCUT2D eigenvalue weighted by atomic mass is 10.3. The number of fused-ring (bicyclic) bond motifs is 2. The Hall–Kier alpha value is -1.24. The van der Waals surface area contributed by atoms with E-state index in [1.807, 2.05) is 0 Å². The van der Waals surface area contributed by atoms with Gasteiger partial charge in [-0.25, -0.2) is 0 Å². The van der Waals surface area contributed by atoms with Crippen LogP contribution in [0.25, 0.3) is 20.2 Å². The van der Waals surface area contributed by atoms with Crippen LogP contribution in [0.4, 0.5) is 0 Å². The molecule has 2 nitrogen and oxygen atoms in total. The van der Waals surface area contributed by atoms with Crippen LogP contribution in [0.15, 0.2) is 71.4 Å². The fourth-order valence-corrected chi connectivity index (χ4v) is 3.96. The molecule has 4 aromatic rings. The van der Waals surface area contributed by atoms with Gasteiger partial charge in [-0.15, -0.1) is 34.3 Å². The van der Waals surface area contributed by atoms with Gasteiger partial charge in [-0.3, -0.25) is 4.21 Å². The molecule has 0 aliphatic rings. The topological polar surface area (TPSA) is 40.1 Å². The summed E-state index contributed by atoms with van der Waals surface area (Å²) in [6.45, 7) is 0. The molecule has 2 aromatic carbocycles. The first kappa shape index (κ1) is 19.1. The third-order valence-corrected chi connectivity index (χ3v) is 5.71. The SMILES string of the molecule is O=S([O-])CCCl.c1ccc2sccc2c1.c1ccc2sccc2c1. The molecule has 0 saturated carbocycles. The third-order valence-electron chi connectivity index (χ3n) is 2.97. The number of thiophene rings is 2. The van der Waals surface area contributed by atoms with Crippen LogP contribution >= 0.6 is 34.3 Å². The van der Waals surface area contributed by atoms with Crippen LogP contribution in [-0.2, 0) is 11.1 Å². The molecular weight excluding hydrogens is 380 g/mol. The molecule has 1 unspecified atom stereocenters. The molecule has 24 heavy (non-hydrogen) atoms. The third kappa shape index (κ3) is 6.34. The maximum absolute atomic E-state index is 9.51. The summed E-state index contributed by atoms with van der Waals surface area (Å²) in [5, 5.41) is 6.93. The van der Waals surface area contributed by atoms with E-state index in [2.05, 4.69) is 71.4 Å². The van der Waals surface area contributed by atoms with Crippen LogP contribution in [-0.4, -0.2) is 20.4 Å². The van der Waals surface area contributed by atoms with E-state index in [1.54, 1.807) is 22.7 Å². The average Bonchev–Trinajstić information content (AvgIpc) is 3.25. The highest BCUT2D eigenvalue weighted by Crippen LogP contribution is 2.19. The predicted octanol–water partition coefficient (Wildman–Crippen LogP) is 5.91. The molecule has 6 heteroatoms. The number of benzene rings is 2. The highest BCUT2D eigenvalue weighted by molar-refractivity contribution is 7.79. The summed E-state index contributed by atoms with van der Waals surface area (Å²) in [5.74, 6) is 0.248. The lowest BCUT2D eigenvalue weighted by Gasteiger charge is -1.96. The monoisotopic (exact) mass is 395 g/mol. The molecule has 0 amide bonds. The summed E-state index contributed by atoms with van der Waals surface area (Å²) in [6.07, 6.45) is 0. The minimum absolute atomic E-state index is 0.0571. The molecule has 4 rings (SSSR count). The molecule has 0 fully saturated rings. The van der Waals surface area contributed by atoms with E-state index in [-0.39, 0.29) is 11.6 Å². The minimum Gasteiger partial charge on any atom is -0.772 e. The first-order valence-electron chi connectivity index (χ1n) is 7.17.